The highest BCUT2D eigenvalue weighted by Gasteiger charge is 2.36. The van der Waals surface area contributed by atoms with Gasteiger partial charge in [-0.15, -0.1) is 0 Å². The van der Waals surface area contributed by atoms with Gasteiger partial charge in [-0.1, -0.05) is 0 Å². The van der Waals surface area contributed by atoms with Crippen LogP contribution in [-0.2, 0) is 17.5 Å². The molecule has 98 valence electrons. The molecule has 0 saturated carbocycles. The van der Waals surface area contributed by atoms with Crippen LogP contribution in [0.4, 0.5) is 13.2 Å². The molecule has 0 aromatic heterocycles. The van der Waals surface area contributed by atoms with Crippen molar-refractivity contribution in [1.29, 1.82) is 0 Å². The van der Waals surface area contributed by atoms with Crippen molar-refractivity contribution >= 4 is 6.08 Å². The van der Waals surface area contributed by atoms with Gasteiger partial charge in [0.15, 0.2) is 0 Å². The first-order valence-corrected chi connectivity index (χ1v) is 4.79. The van der Waals surface area contributed by atoms with Gasteiger partial charge in [0.2, 0.25) is 6.08 Å². The van der Waals surface area contributed by atoms with Crippen molar-refractivity contribution in [2.75, 3.05) is 14.2 Å². The van der Waals surface area contributed by atoms with E-state index >= 15 is 0 Å². The molecule has 0 aliphatic rings. The van der Waals surface area contributed by atoms with Gasteiger partial charge in [0, 0.05) is 5.56 Å². The highest BCUT2D eigenvalue weighted by Crippen LogP contribution is 2.40. The minimum Gasteiger partial charge on any atom is -0.497 e. The highest BCUT2D eigenvalue weighted by molar-refractivity contribution is 5.49. The molecule has 0 aliphatic carbocycles. The lowest BCUT2D eigenvalue weighted by molar-refractivity contribution is -0.138. The average Bonchev–Trinajstić information content (AvgIpc) is 2.33. The van der Waals surface area contributed by atoms with E-state index in [9.17, 15) is 18.0 Å². The molecule has 0 spiro atoms. The second-order valence-corrected chi connectivity index (χ2v) is 3.27. The van der Waals surface area contributed by atoms with Crippen molar-refractivity contribution in [1.82, 2.24) is 0 Å². The van der Waals surface area contributed by atoms with Crippen LogP contribution in [0.2, 0.25) is 0 Å². The fourth-order valence-electron chi connectivity index (χ4n) is 1.46. The number of rotatable bonds is 4. The number of nitrogens with zero attached hydrogens (tertiary/aromatic N) is 1. The number of methoxy groups -OCH3 is 2. The fourth-order valence-corrected chi connectivity index (χ4v) is 1.46. The maximum Gasteiger partial charge on any atom is 0.420 e. The number of hydrogen-bond donors (Lipinski definition) is 0. The maximum atomic E-state index is 12.8. The monoisotopic (exact) mass is 261 g/mol. The Hall–Kier alpha value is -2.01. The number of alkyl halides is 3. The molecule has 1 aromatic rings. The van der Waals surface area contributed by atoms with Crippen LogP contribution in [0.3, 0.4) is 0 Å². The smallest absolute Gasteiger partial charge is 0.420 e. The minimum atomic E-state index is -4.58. The van der Waals surface area contributed by atoms with Gasteiger partial charge in [-0.3, -0.25) is 0 Å². The molecule has 0 atom stereocenters. The van der Waals surface area contributed by atoms with Gasteiger partial charge in [0.25, 0.3) is 0 Å². The first-order valence-electron chi connectivity index (χ1n) is 4.79. The Morgan fingerprint density at radius 1 is 1.28 bits per heavy atom. The zero-order chi connectivity index (χ0) is 13.8. The lowest BCUT2D eigenvalue weighted by Gasteiger charge is -2.16. The van der Waals surface area contributed by atoms with E-state index in [-0.39, 0.29) is 23.6 Å². The van der Waals surface area contributed by atoms with Crippen LogP contribution < -0.4 is 9.47 Å². The van der Waals surface area contributed by atoms with E-state index in [4.69, 9.17) is 9.47 Å². The van der Waals surface area contributed by atoms with Crippen molar-refractivity contribution < 1.29 is 27.4 Å². The molecule has 0 heterocycles. The van der Waals surface area contributed by atoms with E-state index in [0.29, 0.717) is 0 Å². The van der Waals surface area contributed by atoms with Crippen molar-refractivity contribution in [2.24, 2.45) is 4.99 Å². The number of benzene rings is 1. The van der Waals surface area contributed by atoms with Crippen LogP contribution in [0.5, 0.6) is 11.5 Å². The van der Waals surface area contributed by atoms with Gasteiger partial charge >= 0.3 is 6.18 Å². The van der Waals surface area contributed by atoms with Crippen molar-refractivity contribution in [3.05, 3.63) is 23.3 Å². The molecule has 0 unspecified atom stereocenters. The number of hydrogen-bond acceptors (Lipinski definition) is 4. The number of aliphatic imine (C=N–C) groups is 1. The summed E-state index contributed by atoms with van der Waals surface area (Å²) in [7, 11) is 2.36. The molecule has 1 aromatic carbocycles. The van der Waals surface area contributed by atoms with Gasteiger partial charge in [0.1, 0.15) is 17.1 Å². The third-order valence-corrected chi connectivity index (χ3v) is 2.20. The maximum absolute atomic E-state index is 12.8. The van der Waals surface area contributed by atoms with Crippen LogP contribution in [0.1, 0.15) is 11.1 Å². The predicted octanol–water partition coefficient (Wildman–Crippen LogP) is 2.56. The molecule has 0 bridgehead atoms. The molecular formula is C11H10F3NO3. The van der Waals surface area contributed by atoms with Crippen molar-refractivity contribution in [3.8, 4) is 11.5 Å². The molecule has 0 N–H and O–H groups in total. The summed E-state index contributed by atoms with van der Waals surface area (Å²) in [6.45, 7) is -0.257. The standard InChI is InChI=1S/C11H10F3NO3/c1-17-8-3-7(5-15-6-16)10(18-2)9(4-8)11(12,13)14/h3-4H,5H2,1-2H3. The predicted molar refractivity (Wildman–Crippen MR) is 56.4 cm³/mol. The third kappa shape index (κ3) is 3.01. The van der Waals surface area contributed by atoms with Crippen molar-refractivity contribution in [2.45, 2.75) is 12.7 Å². The third-order valence-electron chi connectivity index (χ3n) is 2.20. The summed E-state index contributed by atoms with van der Waals surface area (Å²) >= 11 is 0. The van der Waals surface area contributed by atoms with Crippen molar-refractivity contribution in [3.63, 3.8) is 0 Å². The molecule has 18 heavy (non-hydrogen) atoms. The van der Waals surface area contributed by atoms with E-state index in [1.54, 1.807) is 0 Å². The van der Waals surface area contributed by atoms with E-state index in [1.165, 1.54) is 19.3 Å². The molecular weight excluding hydrogens is 251 g/mol. The summed E-state index contributed by atoms with van der Waals surface area (Å²) < 4.78 is 47.9. The molecule has 0 amide bonds. The number of isocyanates is 1. The number of halogens is 3. The summed E-state index contributed by atoms with van der Waals surface area (Å²) in [4.78, 5) is 13.3. The lowest BCUT2D eigenvalue weighted by Crippen LogP contribution is -2.09. The molecule has 0 radical (unpaired) electrons. The van der Waals surface area contributed by atoms with Gasteiger partial charge in [-0.05, 0) is 12.1 Å². The van der Waals surface area contributed by atoms with E-state index in [2.05, 4.69) is 4.99 Å². The summed E-state index contributed by atoms with van der Waals surface area (Å²) in [6.07, 6.45) is -3.32. The van der Waals surface area contributed by atoms with Gasteiger partial charge < -0.3 is 9.47 Å². The van der Waals surface area contributed by atoms with Crippen LogP contribution in [0, 0.1) is 0 Å². The number of ether oxygens (including phenoxy) is 2. The van der Waals surface area contributed by atoms with E-state index < -0.39 is 11.7 Å². The molecule has 0 fully saturated rings. The second kappa shape index (κ2) is 5.55. The lowest BCUT2D eigenvalue weighted by atomic mass is 10.1. The summed E-state index contributed by atoms with van der Waals surface area (Å²) in [5.41, 5.74) is -0.868. The largest absolute Gasteiger partial charge is 0.497 e. The normalized spacial score (nSPS) is 10.7. The number of carbonyl (C=O) groups excluding carboxylic acids is 1. The van der Waals surface area contributed by atoms with Crippen LogP contribution in [0.25, 0.3) is 0 Å². The Labute approximate surface area is 101 Å². The van der Waals surface area contributed by atoms with Crippen LogP contribution in [0.15, 0.2) is 17.1 Å². The quantitative estimate of drug-likeness (QED) is 0.618. The van der Waals surface area contributed by atoms with Gasteiger partial charge in [-0.2, -0.15) is 13.2 Å². The first kappa shape index (κ1) is 14.1. The van der Waals surface area contributed by atoms with Crippen LogP contribution >= 0.6 is 0 Å². The van der Waals surface area contributed by atoms with Crippen LogP contribution in [-0.4, -0.2) is 20.3 Å². The Bertz CT molecular complexity index is 479. The Morgan fingerprint density at radius 2 is 1.94 bits per heavy atom. The average molecular weight is 261 g/mol. The molecule has 1 rings (SSSR count). The Balaban J connectivity index is 3.44. The summed E-state index contributed by atoms with van der Waals surface area (Å²) in [5, 5.41) is 0. The van der Waals surface area contributed by atoms with Gasteiger partial charge in [0.05, 0.1) is 20.8 Å². The van der Waals surface area contributed by atoms with E-state index in [1.807, 2.05) is 0 Å². The Morgan fingerprint density at radius 3 is 2.39 bits per heavy atom. The fraction of sp³-hybridized carbons (Fsp3) is 0.364. The summed E-state index contributed by atoms with van der Waals surface area (Å²) in [6, 6.07) is 2.15. The molecule has 0 saturated heterocycles. The summed E-state index contributed by atoms with van der Waals surface area (Å²) in [5.74, 6) is -0.360. The molecule has 0 aliphatic heterocycles. The van der Waals surface area contributed by atoms with Gasteiger partial charge in [-0.25, -0.2) is 9.79 Å². The Kier molecular flexibility index (Phi) is 4.33. The van der Waals surface area contributed by atoms with E-state index in [0.717, 1.165) is 13.2 Å². The highest BCUT2D eigenvalue weighted by atomic mass is 19.4. The second-order valence-electron chi connectivity index (χ2n) is 3.27. The first-order chi connectivity index (χ1) is 8.43. The molecule has 7 heteroatoms. The zero-order valence-corrected chi connectivity index (χ0v) is 9.67. The topological polar surface area (TPSA) is 47.9 Å². The zero-order valence-electron chi connectivity index (χ0n) is 9.67. The molecule has 4 nitrogen and oxygen atoms in total. The minimum absolute atomic E-state index is 0.0132. The SMILES string of the molecule is COc1cc(CN=C=O)c(OC)c(C(F)(F)F)c1.